The van der Waals surface area contributed by atoms with E-state index in [1.54, 1.807) is 63.3 Å². The summed E-state index contributed by atoms with van der Waals surface area (Å²) in [5.74, 6) is -0.156. The van der Waals surface area contributed by atoms with Gasteiger partial charge in [-0.2, -0.15) is 10.2 Å². The van der Waals surface area contributed by atoms with Crippen molar-refractivity contribution in [2.45, 2.75) is 39.0 Å². The normalized spacial score (nSPS) is 13.3. The molecule has 5 heterocycles. The highest BCUT2D eigenvalue weighted by Crippen LogP contribution is 2.34. The lowest BCUT2D eigenvalue weighted by Crippen LogP contribution is -2.56. The topological polar surface area (TPSA) is 193 Å². The van der Waals surface area contributed by atoms with Crippen molar-refractivity contribution in [2.75, 3.05) is 37.9 Å². The van der Waals surface area contributed by atoms with Gasteiger partial charge in [0.15, 0.2) is 5.66 Å². The molecule has 7 aromatic rings. The van der Waals surface area contributed by atoms with Crippen LogP contribution in [0.25, 0.3) is 22.5 Å². The zero-order valence-electron chi connectivity index (χ0n) is 34.5. The van der Waals surface area contributed by atoms with E-state index in [0.29, 0.717) is 65.2 Å². The minimum atomic E-state index is -0.981. The minimum absolute atomic E-state index is 0.136. The number of benzene rings is 3. The summed E-state index contributed by atoms with van der Waals surface area (Å²) in [4.78, 5) is 58.0. The third kappa shape index (κ3) is 8.67. The van der Waals surface area contributed by atoms with Crippen molar-refractivity contribution < 1.29 is 28.6 Å². The number of anilines is 4. The van der Waals surface area contributed by atoms with Crippen molar-refractivity contribution >= 4 is 41.3 Å². The van der Waals surface area contributed by atoms with E-state index in [-0.39, 0.29) is 13.2 Å². The number of carbonyl (C=O) groups excluding carboxylic acids is 3. The van der Waals surface area contributed by atoms with Gasteiger partial charge in [0.2, 0.25) is 11.9 Å². The number of nitrogens with one attached hydrogen (secondary N) is 2. The molecule has 0 spiro atoms. The molecule has 8 rings (SSSR count). The van der Waals surface area contributed by atoms with Gasteiger partial charge in [0.05, 0.1) is 79.4 Å². The molecule has 62 heavy (non-hydrogen) atoms. The molecule has 314 valence electrons. The van der Waals surface area contributed by atoms with Crippen LogP contribution < -0.4 is 10.6 Å². The standard InChI is InChI=1S/C45H43N11O6/c1-29-21-46-42(52-38(29)32-11-15-34(16-12-32)40(57)60-3)50-36-23-48-55(25-36)45(19-8-20-54(28-45)44(59)62-27-31-9-6-5-7-10-31)56-26-37(24-49-56)51-43-47-22-30(2)39(53-43)33-13-17-35(18-14-33)41(58)61-4/h5-7,9-18,21-26H,8,19-20,27-28H2,1-4H3,(H,46,50,52)(H,47,51,53). The first-order chi connectivity index (χ1) is 30.1. The first-order valence-corrected chi connectivity index (χ1v) is 19.8. The van der Waals surface area contributed by atoms with Gasteiger partial charge in [0.25, 0.3) is 0 Å². The number of nitrogens with zero attached hydrogens (tertiary/aromatic N) is 9. The molecular weight excluding hydrogens is 791 g/mol. The van der Waals surface area contributed by atoms with E-state index in [1.165, 1.54) is 14.2 Å². The summed E-state index contributed by atoms with van der Waals surface area (Å²) in [6.45, 7) is 4.64. The Hall–Kier alpha value is -7.95. The summed E-state index contributed by atoms with van der Waals surface area (Å²) in [5, 5.41) is 16.2. The first kappa shape index (κ1) is 40.8. The second kappa shape index (κ2) is 17.7. The Morgan fingerprint density at radius 3 is 1.66 bits per heavy atom. The lowest BCUT2D eigenvalue weighted by molar-refractivity contribution is 0.0317. The van der Waals surface area contributed by atoms with Crippen LogP contribution in [0.1, 0.15) is 50.2 Å². The average Bonchev–Trinajstić information content (AvgIpc) is 4.00. The molecule has 3 aromatic carbocycles. The molecule has 1 saturated heterocycles. The van der Waals surface area contributed by atoms with E-state index < -0.39 is 23.7 Å². The number of amides is 1. The molecule has 0 aliphatic carbocycles. The summed E-state index contributed by atoms with van der Waals surface area (Å²) in [7, 11) is 2.69. The van der Waals surface area contributed by atoms with Crippen LogP contribution >= 0.6 is 0 Å². The Morgan fingerprint density at radius 1 is 0.677 bits per heavy atom. The van der Waals surface area contributed by atoms with E-state index in [9.17, 15) is 14.4 Å². The number of methoxy groups -OCH3 is 2. The molecular formula is C45H43N11O6. The fraction of sp³-hybridized carbons (Fsp3) is 0.222. The molecule has 1 fully saturated rings. The Morgan fingerprint density at radius 2 is 1.18 bits per heavy atom. The van der Waals surface area contributed by atoms with E-state index in [1.807, 2.05) is 80.8 Å². The molecule has 1 aliphatic rings. The molecule has 1 amide bonds. The zero-order chi connectivity index (χ0) is 43.2. The first-order valence-electron chi connectivity index (χ1n) is 19.8. The molecule has 0 saturated carbocycles. The molecule has 17 heteroatoms. The predicted molar refractivity (Wildman–Crippen MR) is 229 cm³/mol. The highest BCUT2D eigenvalue weighted by Gasteiger charge is 2.43. The smallest absolute Gasteiger partial charge is 0.410 e. The van der Waals surface area contributed by atoms with Gasteiger partial charge in [0.1, 0.15) is 6.61 Å². The number of likely N-dealkylation sites (tertiary alicyclic amines) is 1. The fourth-order valence-corrected chi connectivity index (χ4v) is 7.30. The van der Waals surface area contributed by atoms with Crippen molar-refractivity contribution in [1.82, 2.24) is 44.4 Å². The van der Waals surface area contributed by atoms with E-state index in [4.69, 9.17) is 34.4 Å². The molecule has 4 aromatic heterocycles. The Balaban J connectivity index is 1.07. The van der Waals surface area contributed by atoms with Gasteiger partial charge >= 0.3 is 18.0 Å². The predicted octanol–water partition coefficient (Wildman–Crippen LogP) is 7.30. The number of esters is 2. The molecule has 2 N–H and O–H groups in total. The van der Waals surface area contributed by atoms with Crippen LogP contribution in [0.2, 0.25) is 0 Å². The van der Waals surface area contributed by atoms with Crippen LogP contribution in [0.5, 0.6) is 0 Å². The van der Waals surface area contributed by atoms with Crippen molar-refractivity contribution in [3.63, 3.8) is 0 Å². The van der Waals surface area contributed by atoms with Gasteiger partial charge in [-0.25, -0.2) is 43.7 Å². The number of ether oxygens (including phenoxy) is 3. The Kier molecular flexibility index (Phi) is 11.7. The Labute approximate surface area is 356 Å². The van der Waals surface area contributed by atoms with Crippen LogP contribution in [0.4, 0.5) is 28.1 Å². The maximum absolute atomic E-state index is 13.6. The lowest BCUT2D eigenvalue weighted by atomic mass is 9.98. The van der Waals surface area contributed by atoms with Crippen LogP contribution in [0.15, 0.2) is 116 Å². The van der Waals surface area contributed by atoms with Crippen molar-refractivity contribution in [3.05, 3.63) is 144 Å². The number of carbonyl (C=O) groups is 3. The number of aryl methyl sites for hydroxylation is 2. The maximum atomic E-state index is 13.6. The number of hydrogen-bond acceptors (Lipinski definition) is 14. The van der Waals surface area contributed by atoms with E-state index in [0.717, 1.165) is 27.8 Å². The van der Waals surface area contributed by atoms with Gasteiger partial charge in [-0.15, -0.1) is 0 Å². The molecule has 0 atom stereocenters. The van der Waals surface area contributed by atoms with Crippen LogP contribution in [-0.4, -0.2) is 89.7 Å². The monoisotopic (exact) mass is 833 g/mol. The number of rotatable bonds is 12. The molecule has 0 radical (unpaired) electrons. The highest BCUT2D eigenvalue weighted by atomic mass is 16.6. The molecule has 0 unspecified atom stereocenters. The van der Waals surface area contributed by atoms with E-state index in [2.05, 4.69) is 20.6 Å². The summed E-state index contributed by atoms with van der Waals surface area (Å²) in [5.41, 5.74) is 6.68. The number of piperidine rings is 1. The summed E-state index contributed by atoms with van der Waals surface area (Å²) in [6, 6.07) is 23.6. The molecule has 17 nitrogen and oxygen atoms in total. The molecule has 1 aliphatic heterocycles. The van der Waals surface area contributed by atoms with Crippen LogP contribution in [0.3, 0.4) is 0 Å². The van der Waals surface area contributed by atoms with Crippen molar-refractivity contribution in [1.29, 1.82) is 0 Å². The number of hydrogen-bond donors (Lipinski definition) is 2. The van der Waals surface area contributed by atoms with Crippen molar-refractivity contribution in [2.24, 2.45) is 0 Å². The van der Waals surface area contributed by atoms with Crippen molar-refractivity contribution in [3.8, 4) is 22.5 Å². The van der Waals surface area contributed by atoms with Gasteiger partial charge in [-0.05, 0) is 67.6 Å². The average molecular weight is 834 g/mol. The van der Waals surface area contributed by atoms with Gasteiger partial charge in [0, 0.05) is 30.1 Å². The molecule has 0 bridgehead atoms. The van der Waals surface area contributed by atoms with Gasteiger partial charge in [-0.1, -0.05) is 54.6 Å². The van der Waals surface area contributed by atoms with E-state index >= 15 is 0 Å². The SMILES string of the molecule is COC(=O)c1ccc(-c2nc(Nc3cnn(C4(n5cc(Nc6ncc(C)c(-c7ccc(C(=O)OC)cc7)n6)cn5)CCCN(C(=O)OCc5ccccc5)C4)c3)ncc2C)cc1. The second-order valence-electron chi connectivity index (χ2n) is 14.7. The third-order valence-corrected chi connectivity index (χ3v) is 10.5. The second-order valence-corrected chi connectivity index (χ2v) is 14.7. The Bertz CT molecular complexity index is 2570. The minimum Gasteiger partial charge on any atom is -0.465 e. The van der Waals surface area contributed by atoms with Crippen LogP contribution in [-0.2, 0) is 26.5 Å². The largest absolute Gasteiger partial charge is 0.465 e. The summed E-state index contributed by atoms with van der Waals surface area (Å²) < 4.78 is 19.1. The van der Waals surface area contributed by atoms with Gasteiger partial charge in [-0.3, -0.25) is 0 Å². The maximum Gasteiger partial charge on any atom is 0.410 e. The van der Waals surface area contributed by atoms with Crippen LogP contribution in [0, 0.1) is 13.8 Å². The lowest BCUT2D eigenvalue weighted by Gasteiger charge is -2.42. The zero-order valence-corrected chi connectivity index (χ0v) is 34.5. The number of aromatic nitrogens is 8. The summed E-state index contributed by atoms with van der Waals surface area (Å²) in [6.07, 6.45) is 11.2. The highest BCUT2D eigenvalue weighted by molar-refractivity contribution is 5.90. The quantitative estimate of drug-likeness (QED) is 0.0920. The fourth-order valence-electron chi connectivity index (χ4n) is 7.30. The summed E-state index contributed by atoms with van der Waals surface area (Å²) >= 11 is 0. The third-order valence-electron chi connectivity index (χ3n) is 10.5. The van der Waals surface area contributed by atoms with Gasteiger partial charge < -0.3 is 29.7 Å².